The van der Waals surface area contributed by atoms with Crippen molar-refractivity contribution in [3.05, 3.63) is 47.3 Å². The van der Waals surface area contributed by atoms with Crippen molar-refractivity contribution in [2.75, 3.05) is 18.4 Å². The Balaban J connectivity index is 1.77. The Morgan fingerprint density at radius 1 is 1.25 bits per heavy atom. The number of benzene rings is 1. The van der Waals surface area contributed by atoms with Gasteiger partial charge >= 0.3 is 0 Å². The Morgan fingerprint density at radius 2 is 2.00 bits per heavy atom. The van der Waals surface area contributed by atoms with Crippen molar-refractivity contribution >= 4 is 17.5 Å². The smallest absolute Gasteiger partial charge is 0.272 e. The molecule has 1 fully saturated rings. The lowest BCUT2D eigenvalue weighted by molar-refractivity contribution is 0.0677. The van der Waals surface area contributed by atoms with Crippen molar-refractivity contribution in [3.63, 3.8) is 0 Å². The third-order valence-electron chi connectivity index (χ3n) is 4.30. The molecule has 0 aliphatic carbocycles. The van der Waals surface area contributed by atoms with Crippen LogP contribution in [-0.4, -0.2) is 33.9 Å². The van der Waals surface area contributed by atoms with Crippen LogP contribution in [-0.2, 0) is 0 Å². The second-order valence-corrected chi connectivity index (χ2v) is 6.77. The molecule has 2 heterocycles. The Labute approximate surface area is 143 Å². The van der Waals surface area contributed by atoms with Crippen LogP contribution in [0, 0.1) is 19.8 Å². The number of piperidine rings is 1. The molecule has 5 nitrogen and oxygen atoms in total. The molecule has 5 heteroatoms. The fourth-order valence-electron chi connectivity index (χ4n) is 3.25. The first-order chi connectivity index (χ1) is 11.5. The van der Waals surface area contributed by atoms with E-state index in [4.69, 9.17) is 0 Å². The van der Waals surface area contributed by atoms with Gasteiger partial charge in [-0.05, 0) is 61.9 Å². The quantitative estimate of drug-likeness (QED) is 0.935. The molecule has 3 rings (SSSR count). The number of aryl methyl sites for hydroxylation is 2. The van der Waals surface area contributed by atoms with Gasteiger partial charge in [0, 0.05) is 25.0 Å². The van der Waals surface area contributed by atoms with E-state index in [1.165, 1.54) is 17.5 Å². The van der Waals surface area contributed by atoms with Gasteiger partial charge in [0.1, 0.15) is 5.69 Å². The third-order valence-corrected chi connectivity index (χ3v) is 4.30. The highest BCUT2D eigenvalue weighted by molar-refractivity contribution is 5.92. The predicted octanol–water partition coefficient (Wildman–Crippen LogP) is 3.71. The maximum absolute atomic E-state index is 12.7. The molecule has 0 bridgehead atoms. The van der Waals surface area contributed by atoms with E-state index in [1.54, 1.807) is 12.3 Å². The van der Waals surface area contributed by atoms with Crippen LogP contribution in [0.2, 0.25) is 0 Å². The summed E-state index contributed by atoms with van der Waals surface area (Å²) in [7, 11) is 0. The van der Waals surface area contributed by atoms with Crippen molar-refractivity contribution in [2.24, 2.45) is 5.92 Å². The van der Waals surface area contributed by atoms with Gasteiger partial charge in [0.25, 0.3) is 5.91 Å². The Kier molecular flexibility index (Phi) is 4.79. The highest BCUT2D eigenvalue weighted by Gasteiger charge is 2.23. The number of rotatable bonds is 3. The van der Waals surface area contributed by atoms with Gasteiger partial charge in [0.2, 0.25) is 5.95 Å². The average Bonchev–Trinajstić information content (AvgIpc) is 2.53. The molecule has 1 saturated heterocycles. The summed E-state index contributed by atoms with van der Waals surface area (Å²) >= 11 is 0. The van der Waals surface area contributed by atoms with E-state index in [0.29, 0.717) is 17.6 Å². The van der Waals surface area contributed by atoms with E-state index in [0.717, 1.165) is 25.2 Å². The third kappa shape index (κ3) is 3.91. The van der Waals surface area contributed by atoms with E-state index < -0.39 is 0 Å². The topological polar surface area (TPSA) is 58.1 Å². The van der Waals surface area contributed by atoms with Crippen LogP contribution in [0.4, 0.5) is 11.6 Å². The lowest BCUT2D eigenvalue weighted by Gasteiger charge is -2.30. The fourth-order valence-corrected chi connectivity index (χ4v) is 3.25. The summed E-state index contributed by atoms with van der Waals surface area (Å²) in [4.78, 5) is 23.2. The Morgan fingerprint density at radius 3 is 2.71 bits per heavy atom. The first-order valence-electron chi connectivity index (χ1n) is 8.49. The van der Waals surface area contributed by atoms with Crippen molar-refractivity contribution < 1.29 is 4.79 Å². The largest absolute Gasteiger partial charge is 0.337 e. The van der Waals surface area contributed by atoms with Crippen LogP contribution >= 0.6 is 0 Å². The second-order valence-electron chi connectivity index (χ2n) is 6.77. The number of likely N-dealkylation sites (tertiary alicyclic amines) is 1. The van der Waals surface area contributed by atoms with Crippen molar-refractivity contribution in [3.8, 4) is 0 Å². The summed E-state index contributed by atoms with van der Waals surface area (Å²) < 4.78 is 0. The summed E-state index contributed by atoms with van der Waals surface area (Å²) in [6, 6.07) is 7.88. The molecule has 1 atom stereocenters. The number of carbonyl (C=O) groups is 1. The summed E-state index contributed by atoms with van der Waals surface area (Å²) in [5.74, 6) is 1.00. The number of hydrogen-bond acceptors (Lipinski definition) is 4. The van der Waals surface area contributed by atoms with Gasteiger partial charge in [0.15, 0.2) is 0 Å². The SMILES string of the molecule is Cc1cc(C)cc(Nc2nccc(C(=O)N3CCCC(C)C3)n2)c1. The number of hydrogen-bond donors (Lipinski definition) is 1. The summed E-state index contributed by atoms with van der Waals surface area (Å²) in [5, 5.41) is 3.20. The zero-order chi connectivity index (χ0) is 17.1. The lowest BCUT2D eigenvalue weighted by Crippen LogP contribution is -2.39. The normalized spacial score (nSPS) is 17.6. The van der Waals surface area contributed by atoms with E-state index in [9.17, 15) is 4.79 Å². The maximum atomic E-state index is 12.7. The molecule has 0 spiro atoms. The molecule has 0 radical (unpaired) electrons. The monoisotopic (exact) mass is 324 g/mol. The molecule has 1 aliphatic rings. The number of nitrogens with zero attached hydrogens (tertiary/aromatic N) is 3. The molecule has 24 heavy (non-hydrogen) atoms. The minimum absolute atomic E-state index is 0.00702. The summed E-state index contributed by atoms with van der Waals surface area (Å²) in [6.07, 6.45) is 3.89. The molecule has 1 aromatic carbocycles. The van der Waals surface area contributed by atoms with Crippen LogP contribution < -0.4 is 5.32 Å². The van der Waals surface area contributed by atoms with Crippen LogP contribution in [0.3, 0.4) is 0 Å². The molecule has 1 aromatic heterocycles. The zero-order valence-electron chi connectivity index (χ0n) is 14.5. The van der Waals surface area contributed by atoms with Gasteiger partial charge in [-0.1, -0.05) is 13.0 Å². The molecule has 0 saturated carbocycles. The highest BCUT2D eigenvalue weighted by atomic mass is 16.2. The maximum Gasteiger partial charge on any atom is 0.272 e. The molecular weight excluding hydrogens is 300 g/mol. The number of carbonyl (C=O) groups excluding carboxylic acids is 1. The van der Waals surface area contributed by atoms with Gasteiger partial charge < -0.3 is 10.2 Å². The van der Waals surface area contributed by atoms with Crippen LogP contribution in [0.15, 0.2) is 30.5 Å². The molecule has 1 unspecified atom stereocenters. The molecule has 1 aliphatic heterocycles. The van der Waals surface area contributed by atoms with Gasteiger partial charge in [-0.15, -0.1) is 0 Å². The van der Waals surface area contributed by atoms with Crippen LogP contribution in [0.25, 0.3) is 0 Å². The molecule has 1 amide bonds. The van der Waals surface area contributed by atoms with E-state index in [2.05, 4.69) is 42.1 Å². The first-order valence-corrected chi connectivity index (χ1v) is 8.49. The summed E-state index contributed by atoms with van der Waals surface area (Å²) in [5.41, 5.74) is 3.73. The second kappa shape index (κ2) is 6.99. The number of anilines is 2. The van der Waals surface area contributed by atoms with Gasteiger partial charge in [-0.2, -0.15) is 0 Å². The van der Waals surface area contributed by atoms with Crippen molar-refractivity contribution in [1.29, 1.82) is 0 Å². The van der Waals surface area contributed by atoms with Crippen molar-refractivity contribution in [1.82, 2.24) is 14.9 Å². The van der Waals surface area contributed by atoms with Crippen molar-refractivity contribution in [2.45, 2.75) is 33.6 Å². The number of amides is 1. The van der Waals surface area contributed by atoms with Gasteiger partial charge in [-0.3, -0.25) is 4.79 Å². The average molecular weight is 324 g/mol. The van der Waals surface area contributed by atoms with E-state index in [1.807, 2.05) is 17.0 Å². The number of nitrogens with one attached hydrogen (secondary N) is 1. The minimum atomic E-state index is -0.00702. The van der Waals surface area contributed by atoms with E-state index in [-0.39, 0.29) is 5.91 Å². The molecule has 126 valence electrons. The predicted molar refractivity (Wildman–Crippen MR) is 95.5 cm³/mol. The summed E-state index contributed by atoms with van der Waals surface area (Å²) in [6.45, 7) is 7.91. The Hall–Kier alpha value is -2.43. The minimum Gasteiger partial charge on any atom is -0.337 e. The van der Waals surface area contributed by atoms with Gasteiger partial charge in [-0.25, -0.2) is 9.97 Å². The van der Waals surface area contributed by atoms with Crippen LogP contribution in [0.1, 0.15) is 41.4 Å². The van der Waals surface area contributed by atoms with Crippen LogP contribution in [0.5, 0.6) is 0 Å². The van der Waals surface area contributed by atoms with Gasteiger partial charge in [0.05, 0.1) is 0 Å². The first kappa shape index (κ1) is 16.4. The molecular formula is C19H24N4O. The Bertz CT molecular complexity index is 724. The molecule has 2 aromatic rings. The fraction of sp³-hybridized carbons (Fsp3) is 0.421. The standard InChI is InChI=1S/C19H24N4O/c1-13-5-4-8-23(12-13)18(24)17-6-7-20-19(22-17)21-16-10-14(2)9-15(3)11-16/h6-7,9-11,13H,4-5,8,12H2,1-3H3,(H,20,21,22). The number of aromatic nitrogens is 2. The highest BCUT2D eigenvalue weighted by Crippen LogP contribution is 2.19. The lowest BCUT2D eigenvalue weighted by atomic mass is 10.00. The zero-order valence-corrected chi connectivity index (χ0v) is 14.5. The van der Waals surface area contributed by atoms with E-state index >= 15 is 0 Å². The molecule has 1 N–H and O–H groups in total.